The number of amides is 1. The van der Waals surface area contributed by atoms with Crippen LogP contribution in [0.2, 0.25) is 0 Å². The lowest BCUT2D eigenvalue weighted by molar-refractivity contribution is 0.0996. The number of furan rings is 1. The first kappa shape index (κ1) is 17.2. The van der Waals surface area contributed by atoms with E-state index in [0.717, 1.165) is 12.1 Å². The van der Waals surface area contributed by atoms with E-state index in [9.17, 15) is 4.79 Å². The largest absolute Gasteiger partial charge is 0.459 e. The zero-order chi connectivity index (χ0) is 17.2. The van der Waals surface area contributed by atoms with Crippen molar-refractivity contribution in [3.8, 4) is 12.3 Å². The van der Waals surface area contributed by atoms with Crippen LogP contribution in [0.3, 0.4) is 0 Å². The van der Waals surface area contributed by atoms with Crippen molar-refractivity contribution in [3.05, 3.63) is 54.0 Å². The van der Waals surface area contributed by atoms with E-state index in [1.54, 1.807) is 12.1 Å². The summed E-state index contributed by atoms with van der Waals surface area (Å²) in [6.07, 6.45) is 6.70. The van der Waals surface area contributed by atoms with Gasteiger partial charge in [-0.1, -0.05) is 18.1 Å². The summed E-state index contributed by atoms with van der Waals surface area (Å²) in [6.45, 7) is 3.67. The molecule has 0 spiro atoms. The second-order valence-corrected chi connectivity index (χ2v) is 4.88. The molecule has 124 valence electrons. The van der Waals surface area contributed by atoms with Gasteiger partial charge in [0.2, 0.25) is 0 Å². The van der Waals surface area contributed by atoms with E-state index >= 15 is 0 Å². The Hall–Kier alpha value is -3.20. The van der Waals surface area contributed by atoms with Crippen molar-refractivity contribution >= 4 is 17.6 Å². The summed E-state index contributed by atoms with van der Waals surface area (Å²) >= 11 is 0. The summed E-state index contributed by atoms with van der Waals surface area (Å²) < 4.78 is 5.05. The van der Waals surface area contributed by atoms with Gasteiger partial charge in [0.15, 0.2) is 11.7 Å². The van der Waals surface area contributed by atoms with E-state index in [-0.39, 0.29) is 11.7 Å². The van der Waals surface area contributed by atoms with Crippen molar-refractivity contribution in [2.45, 2.75) is 13.5 Å². The van der Waals surface area contributed by atoms with Gasteiger partial charge >= 0.3 is 0 Å². The van der Waals surface area contributed by atoms with Gasteiger partial charge in [-0.05, 0) is 36.8 Å². The van der Waals surface area contributed by atoms with Crippen LogP contribution in [0, 0.1) is 12.3 Å². The van der Waals surface area contributed by atoms with Crippen molar-refractivity contribution in [1.82, 2.24) is 10.6 Å². The first-order chi connectivity index (χ1) is 11.7. The molecule has 0 bridgehead atoms. The van der Waals surface area contributed by atoms with Gasteiger partial charge in [-0.15, -0.1) is 6.42 Å². The average Bonchev–Trinajstić information content (AvgIpc) is 3.13. The van der Waals surface area contributed by atoms with Gasteiger partial charge in [0.05, 0.1) is 19.4 Å². The predicted octanol–water partition coefficient (Wildman–Crippen LogP) is 2.22. The van der Waals surface area contributed by atoms with Crippen LogP contribution in [0.25, 0.3) is 0 Å². The van der Waals surface area contributed by atoms with Crippen LogP contribution in [0.15, 0.2) is 52.1 Å². The number of benzene rings is 1. The fourth-order valence-electron chi connectivity index (χ4n) is 1.94. The van der Waals surface area contributed by atoms with Gasteiger partial charge in [0.25, 0.3) is 5.91 Å². The molecule has 0 saturated carbocycles. The minimum absolute atomic E-state index is 0.276. The van der Waals surface area contributed by atoms with Crippen LogP contribution in [-0.4, -0.2) is 25.0 Å². The number of nitrogens with zero attached hydrogens (tertiary/aromatic N) is 1. The molecule has 0 aliphatic rings. The topological polar surface area (TPSA) is 78.7 Å². The van der Waals surface area contributed by atoms with E-state index in [1.807, 2.05) is 31.2 Å². The zero-order valence-corrected chi connectivity index (χ0v) is 13.5. The van der Waals surface area contributed by atoms with Gasteiger partial charge in [0, 0.05) is 12.2 Å². The van der Waals surface area contributed by atoms with Crippen molar-refractivity contribution in [1.29, 1.82) is 0 Å². The molecule has 0 fully saturated rings. The molecule has 0 aliphatic heterocycles. The molecule has 24 heavy (non-hydrogen) atoms. The Morgan fingerprint density at radius 1 is 1.25 bits per heavy atom. The van der Waals surface area contributed by atoms with Gasteiger partial charge in [-0.2, -0.15) is 0 Å². The molecule has 6 heteroatoms. The molecule has 1 heterocycles. The number of anilines is 1. The van der Waals surface area contributed by atoms with E-state index in [0.29, 0.717) is 24.7 Å². The van der Waals surface area contributed by atoms with Crippen LogP contribution in [0.5, 0.6) is 0 Å². The number of carbonyl (C=O) groups is 1. The molecule has 2 aromatic rings. The maximum absolute atomic E-state index is 11.9. The lowest BCUT2D eigenvalue weighted by Gasteiger charge is -2.09. The number of carbonyl (C=O) groups excluding carboxylic acids is 1. The van der Waals surface area contributed by atoms with Crippen molar-refractivity contribution in [2.24, 2.45) is 4.99 Å². The second-order valence-electron chi connectivity index (χ2n) is 4.88. The summed E-state index contributed by atoms with van der Waals surface area (Å²) in [7, 11) is 0. The zero-order valence-electron chi connectivity index (χ0n) is 13.5. The highest BCUT2D eigenvalue weighted by atomic mass is 16.3. The number of guanidine groups is 1. The summed E-state index contributed by atoms with van der Waals surface area (Å²) in [5.41, 5.74) is 1.71. The van der Waals surface area contributed by atoms with Crippen molar-refractivity contribution in [3.63, 3.8) is 0 Å². The standard InChI is InChI=1S/C18H20N4O2/c1-3-11-20-18(19-4-2)21-13-14-7-9-15(10-8-14)22-17(23)16-6-5-12-24-16/h1,5-10,12H,4,11,13H2,2H3,(H,22,23)(H2,19,20,21). The minimum atomic E-state index is -0.279. The molecule has 2 rings (SSSR count). The van der Waals surface area contributed by atoms with Crippen LogP contribution in [0.4, 0.5) is 5.69 Å². The molecule has 1 aromatic carbocycles. The first-order valence-corrected chi connectivity index (χ1v) is 7.62. The van der Waals surface area contributed by atoms with Crippen LogP contribution in [0.1, 0.15) is 23.0 Å². The smallest absolute Gasteiger partial charge is 0.291 e. The molecule has 3 N–H and O–H groups in total. The highest BCUT2D eigenvalue weighted by Gasteiger charge is 2.08. The molecule has 0 radical (unpaired) electrons. The summed E-state index contributed by atoms with van der Waals surface area (Å²) in [5.74, 6) is 3.18. The van der Waals surface area contributed by atoms with Gasteiger partial charge in [-0.3, -0.25) is 4.79 Å². The molecule has 0 atom stereocenters. The first-order valence-electron chi connectivity index (χ1n) is 7.62. The maximum Gasteiger partial charge on any atom is 0.291 e. The lowest BCUT2D eigenvalue weighted by atomic mass is 10.2. The molecular formula is C18H20N4O2. The Morgan fingerprint density at radius 3 is 2.67 bits per heavy atom. The third-order valence-corrected chi connectivity index (χ3v) is 3.08. The monoisotopic (exact) mass is 324 g/mol. The molecule has 0 saturated heterocycles. The third kappa shape index (κ3) is 5.21. The maximum atomic E-state index is 11.9. The number of rotatable bonds is 6. The Kier molecular flexibility index (Phi) is 6.47. The highest BCUT2D eigenvalue weighted by Crippen LogP contribution is 2.12. The molecule has 0 unspecified atom stereocenters. The SMILES string of the molecule is C#CCNC(=NCc1ccc(NC(=O)c2ccco2)cc1)NCC. The molecule has 6 nitrogen and oxygen atoms in total. The minimum Gasteiger partial charge on any atom is -0.459 e. The third-order valence-electron chi connectivity index (χ3n) is 3.08. The van der Waals surface area contributed by atoms with Gasteiger partial charge < -0.3 is 20.4 Å². The number of terminal acetylenes is 1. The van der Waals surface area contributed by atoms with E-state index in [2.05, 4.69) is 26.9 Å². The highest BCUT2D eigenvalue weighted by molar-refractivity contribution is 6.02. The average molecular weight is 324 g/mol. The number of hydrogen-bond donors (Lipinski definition) is 3. The predicted molar refractivity (Wildman–Crippen MR) is 94.8 cm³/mol. The van der Waals surface area contributed by atoms with Crippen LogP contribution in [-0.2, 0) is 6.54 Å². The van der Waals surface area contributed by atoms with Crippen LogP contribution < -0.4 is 16.0 Å². The summed E-state index contributed by atoms with van der Waals surface area (Å²) in [5, 5.41) is 8.91. The van der Waals surface area contributed by atoms with E-state index in [1.165, 1.54) is 6.26 Å². The van der Waals surface area contributed by atoms with E-state index in [4.69, 9.17) is 10.8 Å². The number of hydrogen-bond acceptors (Lipinski definition) is 3. The molecule has 0 aliphatic carbocycles. The van der Waals surface area contributed by atoms with Crippen LogP contribution >= 0.6 is 0 Å². The van der Waals surface area contributed by atoms with E-state index < -0.39 is 0 Å². The van der Waals surface area contributed by atoms with Gasteiger partial charge in [-0.25, -0.2) is 4.99 Å². The summed E-state index contributed by atoms with van der Waals surface area (Å²) in [4.78, 5) is 16.3. The second kappa shape index (κ2) is 9.06. The van der Waals surface area contributed by atoms with Crippen molar-refractivity contribution < 1.29 is 9.21 Å². The fraction of sp³-hybridized carbons (Fsp3) is 0.222. The number of aliphatic imine (C=N–C) groups is 1. The molecule has 1 aromatic heterocycles. The Balaban J connectivity index is 1.93. The Bertz CT molecular complexity index is 712. The molecular weight excluding hydrogens is 304 g/mol. The fourth-order valence-corrected chi connectivity index (χ4v) is 1.94. The normalized spacial score (nSPS) is 10.8. The lowest BCUT2D eigenvalue weighted by Crippen LogP contribution is -2.37. The van der Waals surface area contributed by atoms with Gasteiger partial charge in [0.1, 0.15) is 0 Å². The Morgan fingerprint density at radius 2 is 2.04 bits per heavy atom. The number of nitrogens with one attached hydrogen (secondary N) is 3. The Labute approximate surface area is 141 Å². The quantitative estimate of drug-likeness (QED) is 0.432. The summed E-state index contributed by atoms with van der Waals surface area (Å²) in [6, 6.07) is 10.8. The van der Waals surface area contributed by atoms with Crippen molar-refractivity contribution in [2.75, 3.05) is 18.4 Å². The molecule has 1 amide bonds.